The number of carbonyl (C=O) groups is 1. The molecule has 3 rings (SSSR count). The fourth-order valence-electron chi connectivity index (χ4n) is 3.59. The van der Waals surface area contributed by atoms with Gasteiger partial charge in [0.15, 0.2) is 0 Å². The van der Waals surface area contributed by atoms with E-state index < -0.39 is 5.82 Å². The summed E-state index contributed by atoms with van der Waals surface area (Å²) < 4.78 is 15.4. The van der Waals surface area contributed by atoms with Crippen molar-refractivity contribution in [1.29, 1.82) is 5.26 Å². The Kier molecular flexibility index (Phi) is 5.67. The molecular weight excluding hydrogens is 365 g/mol. The van der Waals surface area contributed by atoms with E-state index in [1.165, 1.54) is 6.07 Å². The van der Waals surface area contributed by atoms with E-state index in [2.05, 4.69) is 5.32 Å². The summed E-state index contributed by atoms with van der Waals surface area (Å²) in [4.78, 5) is 12.4. The topological polar surface area (TPSA) is 57.8 Å². The normalized spacial score (nSPS) is 15.0. The van der Waals surface area contributed by atoms with E-state index in [4.69, 9.17) is 11.6 Å². The summed E-state index contributed by atoms with van der Waals surface area (Å²) >= 11 is 5.91. The van der Waals surface area contributed by atoms with Crippen LogP contribution in [-0.2, 0) is 4.79 Å². The number of aryl methyl sites for hydroxylation is 1. The van der Waals surface area contributed by atoms with E-state index in [1.54, 1.807) is 18.2 Å². The van der Waals surface area contributed by atoms with Crippen LogP contribution in [0, 0.1) is 31.0 Å². The minimum atomic E-state index is -0.474. The van der Waals surface area contributed by atoms with Crippen molar-refractivity contribution in [2.24, 2.45) is 0 Å². The first-order valence-electron chi connectivity index (χ1n) is 8.97. The number of carbonyl (C=O) groups excluding carboxylic acids is 1. The van der Waals surface area contributed by atoms with Crippen molar-refractivity contribution in [3.8, 4) is 11.8 Å². The molecule has 1 aliphatic carbocycles. The molecule has 0 saturated heterocycles. The zero-order chi connectivity index (χ0) is 19.6. The summed E-state index contributed by atoms with van der Waals surface area (Å²) in [5.41, 5.74) is 3.32. The molecule has 1 amide bonds. The maximum absolute atomic E-state index is 13.5. The average molecular weight is 386 g/mol. The third-order valence-electron chi connectivity index (χ3n) is 4.99. The third-order valence-corrected chi connectivity index (χ3v) is 5.28. The van der Waals surface area contributed by atoms with Crippen LogP contribution in [0.25, 0.3) is 11.8 Å². The third kappa shape index (κ3) is 4.06. The Labute approximate surface area is 163 Å². The molecule has 1 aromatic carbocycles. The summed E-state index contributed by atoms with van der Waals surface area (Å²) in [7, 11) is 0. The van der Waals surface area contributed by atoms with Crippen LogP contribution in [0.2, 0.25) is 5.02 Å². The summed E-state index contributed by atoms with van der Waals surface area (Å²) in [6.07, 6.45) is 5.75. The molecule has 1 aromatic heterocycles. The van der Waals surface area contributed by atoms with Crippen LogP contribution >= 0.6 is 11.6 Å². The van der Waals surface area contributed by atoms with Gasteiger partial charge in [-0.25, -0.2) is 4.39 Å². The van der Waals surface area contributed by atoms with Gasteiger partial charge in [0.2, 0.25) is 0 Å². The Hall–Kier alpha value is -2.58. The van der Waals surface area contributed by atoms with E-state index in [-0.39, 0.29) is 22.5 Å². The number of hydrogen-bond donors (Lipinski definition) is 1. The lowest BCUT2D eigenvalue weighted by Gasteiger charge is -2.11. The molecular formula is C21H21ClFN3O. The maximum Gasteiger partial charge on any atom is 0.262 e. The standard InChI is InChI=1S/C21H21ClFN3O/c1-13-9-15(10-16(12-24)21(27)25-17-5-3-4-6-17)14(2)26(13)18-7-8-20(23)19(22)11-18/h7-11,17H,3-6H2,1-2H3,(H,25,27)/b16-10-. The van der Waals surface area contributed by atoms with E-state index in [9.17, 15) is 14.4 Å². The lowest BCUT2D eigenvalue weighted by molar-refractivity contribution is -0.117. The van der Waals surface area contributed by atoms with Gasteiger partial charge in [0, 0.05) is 23.1 Å². The van der Waals surface area contributed by atoms with Crippen molar-refractivity contribution >= 4 is 23.6 Å². The molecule has 1 heterocycles. The number of halogens is 2. The zero-order valence-corrected chi connectivity index (χ0v) is 16.1. The number of nitriles is 1. The lowest BCUT2D eigenvalue weighted by atomic mass is 10.1. The highest BCUT2D eigenvalue weighted by Gasteiger charge is 2.20. The van der Waals surface area contributed by atoms with Gasteiger partial charge < -0.3 is 9.88 Å². The van der Waals surface area contributed by atoms with E-state index in [0.717, 1.165) is 48.3 Å². The number of benzene rings is 1. The predicted molar refractivity (Wildman–Crippen MR) is 104 cm³/mol. The van der Waals surface area contributed by atoms with Gasteiger partial charge in [-0.05, 0) is 62.6 Å². The molecule has 6 heteroatoms. The van der Waals surface area contributed by atoms with Crippen LogP contribution in [0.1, 0.15) is 42.6 Å². The Morgan fingerprint density at radius 3 is 2.67 bits per heavy atom. The van der Waals surface area contributed by atoms with Gasteiger partial charge in [-0.2, -0.15) is 5.26 Å². The zero-order valence-electron chi connectivity index (χ0n) is 15.4. The van der Waals surface area contributed by atoms with Crippen molar-refractivity contribution in [3.63, 3.8) is 0 Å². The van der Waals surface area contributed by atoms with Gasteiger partial charge in [0.25, 0.3) is 5.91 Å². The molecule has 0 radical (unpaired) electrons. The van der Waals surface area contributed by atoms with Crippen LogP contribution in [-0.4, -0.2) is 16.5 Å². The number of rotatable bonds is 4. The Bertz CT molecular complexity index is 949. The largest absolute Gasteiger partial charge is 0.349 e. The van der Waals surface area contributed by atoms with Crippen molar-refractivity contribution in [1.82, 2.24) is 9.88 Å². The van der Waals surface area contributed by atoms with Crippen molar-refractivity contribution in [2.75, 3.05) is 0 Å². The molecule has 4 nitrogen and oxygen atoms in total. The van der Waals surface area contributed by atoms with E-state index in [0.29, 0.717) is 0 Å². The summed E-state index contributed by atoms with van der Waals surface area (Å²) in [5.74, 6) is -0.808. The molecule has 1 saturated carbocycles. The molecule has 27 heavy (non-hydrogen) atoms. The van der Waals surface area contributed by atoms with E-state index >= 15 is 0 Å². The first kappa shape index (κ1) is 19.2. The molecule has 1 aliphatic rings. The van der Waals surface area contributed by atoms with Gasteiger partial charge in [-0.15, -0.1) is 0 Å². The minimum Gasteiger partial charge on any atom is -0.349 e. The number of nitrogens with one attached hydrogen (secondary N) is 1. The smallest absolute Gasteiger partial charge is 0.262 e. The van der Waals surface area contributed by atoms with Crippen molar-refractivity contribution in [2.45, 2.75) is 45.6 Å². The summed E-state index contributed by atoms with van der Waals surface area (Å²) in [6, 6.07) is 8.58. The fraction of sp³-hybridized carbons (Fsp3) is 0.333. The highest BCUT2D eigenvalue weighted by Crippen LogP contribution is 2.26. The van der Waals surface area contributed by atoms with Gasteiger partial charge in [-0.1, -0.05) is 24.4 Å². The predicted octanol–water partition coefficient (Wildman–Crippen LogP) is 4.85. The van der Waals surface area contributed by atoms with Gasteiger partial charge >= 0.3 is 0 Å². The Morgan fingerprint density at radius 2 is 2.04 bits per heavy atom. The monoisotopic (exact) mass is 385 g/mol. The molecule has 0 bridgehead atoms. The SMILES string of the molecule is Cc1cc(/C=C(/C#N)C(=O)NC2CCCC2)c(C)n1-c1ccc(F)c(Cl)c1. The number of hydrogen-bond acceptors (Lipinski definition) is 2. The second kappa shape index (κ2) is 7.98. The van der Waals surface area contributed by atoms with E-state index in [1.807, 2.05) is 30.6 Å². The summed E-state index contributed by atoms with van der Waals surface area (Å²) in [5, 5.41) is 12.4. The van der Waals surface area contributed by atoms with Crippen LogP contribution in [0.4, 0.5) is 4.39 Å². The minimum absolute atomic E-state index is 0.0470. The van der Waals surface area contributed by atoms with Crippen molar-refractivity contribution in [3.05, 3.63) is 57.6 Å². The first-order valence-corrected chi connectivity index (χ1v) is 9.35. The first-order chi connectivity index (χ1) is 12.9. The van der Waals surface area contributed by atoms with Crippen LogP contribution < -0.4 is 5.32 Å². The molecule has 0 unspecified atom stereocenters. The molecule has 1 N–H and O–H groups in total. The Morgan fingerprint density at radius 1 is 1.33 bits per heavy atom. The maximum atomic E-state index is 13.5. The van der Waals surface area contributed by atoms with Gasteiger partial charge in [0.05, 0.1) is 5.02 Å². The molecule has 0 spiro atoms. The van der Waals surface area contributed by atoms with Gasteiger partial charge in [-0.3, -0.25) is 4.79 Å². The molecule has 1 fully saturated rings. The van der Waals surface area contributed by atoms with Crippen LogP contribution in [0.5, 0.6) is 0 Å². The Balaban J connectivity index is 1.92. The van der Waals surface area contributed by atoms with Crippen LogP contribution in [0.3, 0.4) is 0 Å². The number of nitrogens with zero attached hydrogens (tertiary/aromatic N) is 2. The molecule has 0 atom stereocenters. The van der Waals surface area contributed by atoms with Crippen LogP contribution in [0.15, 0.2) is 29.8 Å². The number of amides is 1. The quantitative estimate of drug-likeness (QED) is 0.604. The highest BCUT2D eigenvalue weighted by molar-refractivity contribution is 6.30. The second-order valence-corrected chi connectivity index (χ2v) is 7.29. The van der Waals surface area contributed by atoms with Gasteiger partial charge in [0.1, 0.15) is 17.5 Å². The molecule has 2 aromatic rings. The number of aromatic nitrogens is 1. The molecule has 0 aliphatic heterocycles. The molecule has 140 valence electrons. The fourth-order valence-corrected chi connectivity index (χ4v) is 3.77. The lowest BCUT2D eigenvalue weighted by Crippen LogP contribution is -2.33. The van der Waals surface area contributed by atoms with Crippen molar-refractivity contribution < 1.29 is 9.18 Å². The summed E-state index contributed by atoms with van der Waals surface area (Å²) in [6.45, 7) is 3.80. The average Bonchev–Trinajstić information content (AvgIpc) is 3.23. The second-order valence-electron chi connectivity index (χ2n) is 6.88. The highest BCUT2D eigenvalue weighted by atomic mass is 35.5.